The first-order chi connectivity index (χ1) is 12.5. The summed E-state index contributed by atoms with van der Waals surface area (Å²) in [7, 11) is 0. The SMILES string of the molecule is CC(=O)Nc1ccc(N=Nc2cc(C)cc(-c3ccccc3)c2O)cc1. The summed E-state index contributed by atoms with van der Waals surface area (Å²) in [5.74, 6) is -0.0297. The molecule has 0 aliphatic heterocycles. The summed E-state index contributed by atoms with van der Waals surface area (Å²) >= 11 is 0. The molecular formula is C21H19N3O2. The molecule has 5 nitrogen and oxygen atoms in total. The Balaban J connectivity index is 1.89. The first kappa shape index (κ1) is 17.4. The second-order valence-corrected chi connectivity index (χ2v) is 5.97. The van der Waals surface area contributed by atoms with Crippen molar-refractivity contribution >= 4 is 23.0 Å². The highest BCUT2D eigenvalue weighted by Gasteiger charge is 2.10. The number of amides is 1. The van der Waals surface area contributed by atoms with E-state index in [1.165, 1.54) is 6.92 Å². The Kier molecular flexibility index (Phi) is 5.08. The van der Waals surface area contributed by atoms with Gasteiger partial charge in [-0.25, -0.2) is 0 Å². The Morgan fingerprint density at radius 3 is 2.31 bits per heavy atom. The molecule has 0 fully saturated rings. The van der Waals surface area contributed by atoms with Gasteiger partial charge in [0.25, 0.3) is 0 Å². The van der Waals surface area contributed by atoms with Gasteiger partial charge in [0.15, 0.2) is 5.75 Å². The summed E-state index contributed by atoms with van der Waals surface area (Å²) in [5.41, 5.74) is 4.36. The number of nitrogens with zero attached hydrogens (tertiary/aromatic N) is 2. The van der Waals surface area contributed by atoms with Crippen LogP contribution in [0.25, 0.3) is 11.1 Å². The van der Waals surface area contributed by atoms with Gasteiger partial charge in [-0.2, -0.15) is 5.11 Å². The molecule has 0 heterocycles. The number of phenolic OH excluding ortho intramolecular Hbond substituents is 1. The molecule has 0 unspecified atom stereocenters. The van der Waals surface area contributed by atoms with Gasteiger partial charge in [0.05, 0.1) is 5.69 Å². The van der Waals surface area contributed by atoms with Crippen LogP contribution in [0.15, 0.2) is 77.0 Å². The summed E-state index contributed by atoms with van der Waals surface area (Å²) in [6.45, 7) is 3.41. The molecule has 0 aromatic heterocycles. The summed E-state index contributed by atoms with van der Waals surface area (Å²) in [6.07, 6.45) is 0. The predicted molar refractivity (Wildman–Crippen MR) is 103 cm³/mol. The van der Waals surface area contributed by atoms with E-state index in [0.717, 1.165) is 16.7 Å². The van der Waals surface area contributed by atoms with Crippen LogP contribution in [0, 0.1) is 6.92 Å². The molecule has 3 aromatic rings. The Morgan fingerprint density at radius 1 is 0.962 bits per heavy atom. The Hall–Kier alpha value is -3.47. The van der Waals surface area contributed by atoms with E-state index < -0.39 is 0 Å². The maximum absolute atomic E-state index is 11.0. The van der Waals surface area contributed by atoms with Gasteiger partial charge in [0.2, 0.25) is 5.91 Å². The maximum Gasteiger partial charge on any atom is 0.221 e. The number of carbonyl (C=O) groups is 1. The van der Waals surface area contributed by atoms with Crippen LogP contribution in [0.5, 0.6) is 5.75 Å². The van der Waals surface area contributed by atoms with Crippen molar-refractivity contribution in [2.45, 2.75) is 13.8 Å². The molecule has 0 spiro atoms. The highest BCUT2D eigenvalue weighted by molar-refractivity contribution is 5.88. The van der Waals surface area contributed by atoms with Gasteiger partial charge < -0.3 is 10.4 Å². The van der Waals surface area contributed by atoms with Crippen LogP contribution in [-0.4, -0.2) is 11.0 Å². The molecule has 0 saturated carbocycles. The predicted octanol–water partition coefficient (Wildman–Crippen LogP) is 5.74. The van der Waals surface area contributed by atoms with Gasteiger partial charge in [-0.1, -0.05) is 30.3 Å². The number of nitrogens with one attached hydrogen (secondary N) is 1. The van der Waals surface area contributed by atoms with Crippen LogP contribution in [0.3, 0.4) is 0 Å². The number of benzene rings is 3. The van der Waals surface area contributed by atoms with E-state index in [0.29, 0.717) is 17.1 Å². The van der Waals surface area contributed by atoms with Crippen LogP contribution in [0.2, 0.25) is 0 Å². The lowest BCUT2D eigenvalue weighted by atomic mass is 10.0. The van der Waals surface area contributed by atoms with Crippen molar-refractivity contribution < 1.29 is 9.90 Å². The molecule has 130 valence electrons. The van der Waals surface area contributed by atoms with Gasteiger partial charge >= 0.3 is 0 Å². The minimum absolute atomic E-state index is 0.0976. The first-order valence-corrected chi connectivity index (χ1v) is 8.21. The molecule has 3 aromatic carbocycles. The topological polar surface area (TPSA) is 74.0 Å². The number of hydrogen-bond donors (Lipinski definition) is 2. The van der Waals surface area contributed by atoms with Gasteiger partial charge in [-0.3, -0.25) is 4.79 Å². The van der Waals surface area contributed by atoms with Crippen molar-refractivity contribution in [3.8, 4) is 16.9 Å². The zero-order valence-electron chi connectivity index (χ0n) is 14.6. The number of phenols is 1. The second kappa shape index (κ2) is 7.61. The number of aromatic hydroxyl groups is 1. The largest absolute Gasteiger partial charge is 0.505 e. The fourth-order valence-electron chi connectivity index (χ4n) is 2.60. The smallest absolute Gasteiger partial charge is 0.221 e. The highest BCUT2D eigenvalue weighted by atomic mass is 16.3. The maximum atomic E-state index is 11.0. The van der Waals surface area contributed by atoms with Gasteiger partial charge in [0, 0.05) is 18.2 Å². The fraction of sp³-hybridized carbons (Fsp3) is 0.0952. The van der Waals surface area contributed by atoms with Crippen LogP contribution >= 0.6 is 0 Å². The molecular weight excluding hydrogens is 326 g/mol. The van der Waals surface area contributed by atoms with Gasteiger partial charge in [0.1, 0.15) is 5.69 Å². The lowest BCUT2D eigenvalue weighted by Crippen LogP contribution is -2.04. The number of aryl methyl sites for hydroxylation is 1. The van der Waals surface area contributed by atoms with Crippen LogP contribution < -0.4 is 5.32 Å². The lowest BCUT2D eigenvalue weighted by molar-refractivity contribution is -0.114. The van der Waals surface area contributed by atoms with Crippen LogP contribution in [-0.2, 0) is 4.79 Å². The van der Waals surface area contributed by atoms with E-state index in [1.807, 2.05) is 43.3 Å². The molecule has 0 saturated heterocycles. The highest BCUT2D eigenvalue weighted by Crippen LogP contribution is 2.39. The summed E-state index contributed by atoms with van der Waals surface area (Å²) < 4.78 is 0. The van der Waals surface area contributed by atoms with Crippen LogP contribution in [0.4, 0.5) is 17.1 Å². The molecule has 5 heteroatoms. The second-order valence-electron chi connectivity index (χ2n) is 5.97. The van der Waals surface area contributed by atoms with E-state index in [1.54, 1.807) is 30.3 Å². The zero-order valence-corrected chi connectivity index (χ0v) is 14.6. The van der Waals surface area contributed by atoms with Gasteiger partial charge in [-0.15, -0.1) is 5.11 Å². The Morgan fingerprint density at radius 2 is 1.65 bits per heavy atom. The Bertz CT molecular complexity index is 949. The molecule has 0 aliphatic carbocycles. The Labute approximate surface area is 152 Å². The number of carbonyl (C=O) groups excluding carboxylic acids is 1. The van der Waals surface area contributed by atoms with E-state index in [2.05, 4.69) is 15.5 Å². The van der Waals surface area contributed by atoms with Crippen LogP contribution in [0.1, 0.15) is 12.5 Å². The average molecular weight is 345 g/mol. The third-order valence-corrected chi connectivity index (χ3v) is 3.78. The molecule has 0 aliphatic rings. The molecule has 26 heavy (non-hydrogen) atoms. The zero-order chi connectivity index (χ0) is 18.5. The van der Waals surface area contributed by atoms with Crippen molar-refractivity contribution in [2.75, 3.05) is 5.32 Å². The monoisotopic (exact) mass is 345 g/mol. The van der Waals surface area contributed by atoms with Gasteiger partial charge in [-0.05, 0) is 54.4 Å². The number of azo groups is 1. The van der Waals surface area contributed by atoms with E-state index in [4.69, 9.17) is 0 Å². The average Bonchev–Trinajstić information content (AvgIpc) is 2.63. The molecule has 0 bridgehead atoms. The third-order valence-electron chi connectivity index (χ3n) is 3.78. The molecule has 1 amide bonds. The molecule has 0 atom stereocenters. The number of rotatable bonds is 4. The summed E-state index contributed by atoms with van der Waals surface area (Å²) in [5, 5.41) is 21.7. The molecule has 3 rings (SSSR count). The summed E-state index contributed by atoms with van der Waals surface area (Å²) in [4.78, 5) is 11.0. The minimum atomic E-state index is -0.127. The normalized spacial score (nSPS) is 10.8. The standard InChI is InChI=1S/C21H19N3O2/c1-14-12-19(16-6-4-3-5-7-16)21(26)20(13-14)24-23-18-10-8-17(9-11-18)22-15(2)25/h3-13,26H,1-2H3,(H,22,25). The van der Waals surface area contributed by atoms with E-state index in [9.17, 15) is 9.90 Å². The van der Waals surface area contributed by atoms with Crippen molar-refractivity contribution in [3.05, 3.63) is 72.3 Å². The van der Waals surface area contributed by atoms with Crippen molar-refractivity contribution in [1.82, 2.24) is 0 Å². The fourth-order valence-corrected chi connectivity index (χ4v) is 2.60. The molecule has 2 N–H and O–H groups in total. The van der Waals surface area contributed by atoms with Crippen molar-refractivity contribution in [3.63, 3.8) is 0 Å². The quantitative estimate of drug-likeness (QED) is 0.592. The van der Waals surface area contributed by atoms with Crippen molar-refractivity contribution in [2.24, 2.45) is 10.2 Å². The third kappa shape index (κ3) is 4.13. The first-order valence-electron chi connectivity index (χ1n) is 8.21. The van der Waals surface area contributed by atoms with E-state index in [-0.39, 0.29) is 11.7 Å². The minimum Gasteiger partial charge on any atom is -0.505 e. The molecule has 0 radical (unpaired) electrons. The van der Waals surface area contributed by atoms with E-state index >= 15 is 0 Å². The van der Waals surface area contributed by atoms with Crippen molar-refractivity contribution in [1.29, 1.82) is 0 Å². The number of hydrogen-bond acceptors (Lipinski definition) is 4. The number of anilines is 1. The lowest BCUT2D eigenvalue weighted by Gasteiger charge is -2.08. The summed E-state index contributed by atoms with van der Waals surface area (Å²) in [6, 6.07) is 20.4.